The lowest BCUT2D eigenvalue weighted by molar-refractivity contribution is -0.121. The average molecular weight is 341 g/mol. The van der Waals surface area contributed by atoms with Gasteiger partial charge in [0.1, 0.15) is 11.9 Å². The van der Waals surface area contributed by atoms with E-state index in [4.69, 9.17) is 0 Å². The van der Waals surface area contributed by atoms with Crippen LogP contribution in [0.1, 0.15) is 44.2 Å². The molecule has 2 aromatic rings. The van der Waals surface area contributed by atoms with Crippen molar-refractivity contribution in [3.63, 3.8) is 0 Å². The minimum atomic E-state index is -0.439. The number of hydrogen-bond acceptors (Lipinski definition) is 3. The van der Waals surface area contributed by atoms with Gasteiger partial charge in [-0.1, -0.05) is 45.0 Å². The Labute approximate surface area is 148 Å². The Morgan fingerprint density at radius 2 is 1.76 bits per heavy atom. The number of carbonyl (C=O) groups excluding carboxylic acids is 1. The van der Waals surface area contributed by atoms with Gasteiger partial charge in [-0.2, -0.15) is 5.10 Å². The lowest BCUT2D eigenvalue weighted by Gasteiger charge is -2.16. The second kappa shape index (κ2) is 8.97. The smallest absolute Gasteiger partial charge is 0.262 e. The zero-order valence-electron chi connectivity index (χ0n) is 14.8. The molecular formula is C20H24FN3O. The van der Waals surface area contributed by atoms with Crippen molar-refractivity contribution >= 4 is 17.8 Å². The summed E-state index contributed by atoms with van der Waals surface area (Å²) < 4.78 is 12.9. The number of nitrogens with zero attached hydrogens (tertiary/aromatic N) is 1. The molecule has 0 aromatic heterocycles. The van der Waals surface area contributed by atoms with Crippen molar-refractivity contribution in [1.82, 2.24) is 5.43 Å². The summed E-state index contributed by atoms with van der Waals surface area (Å²) in [5.74, 6) is -0.0634. The van der Waals surface area contributed by atoms with Gasteiger partial charge in [0.2, 0.25) is 0 Å². The van der Waals surface area contributed by atoms with Crippen molar-refractivity contribution in [2.24, 2.45) is 5.10 Å². The molecule has 0 unspecified atom stereocenters. The maximum atomic E-state index is 12.9. The summed E-state index contributed by atoms with van der Waals surface area (Å²) in [5, 5.41) is 7.09. The van der Waals surface area contributed by atoms with Crippen LogP contribution in [-0.2, 0) is 4.79 Å². The highest BCUT2D eigenvalue weighted by Gasteiger charge is 2.15. The van der Waals surface area contributed by atoms with Crippen molar-refractivity contribution in [2.75, 3.05) is 5.32 Å². The van der Waals surface area contributed by atoms with Crippen LogP contribution in [0.3, 0.4) is 0 Å². The summed E-state index contributed by atoms with van der Waals surface area (Å²) in [6.07, 6.45) is 2.20. The van der Waals surface area contributed by atoms with Crippen LogP contribution in [-0.4, -0.2) is 18.2 Å². The van der Waals surface area contributed by atoms with E-state index in [1.807, 2.05) is 19.1 Å². The highest BCUT2D eigenvalue weighted by Crippen LogP contribution is 2.14. The van der Waals surface area contributed by atoms with E-state index < -0.39 is 6.04 Å². The molecule has 25 heavy (non-hydrogen) atoms. The molecule has 0 aliphatic heterocycles. The van der Waals surface area contributed by atoms with Crippen molar-refractivity contribution in [3.05, 3.63) is 65.5 Å². The van der Waals surface area contributed by atoms with Crippen LogP contribution in [0.2, 0.25) is 0 Å². The predicted molar refractivity (Wildman–Crippen MR) is 100 cm³/mol. The van der Waals surface area contributed by atoms with Crippen LogP contribution in [0.4, 0.5) is 10.1 Å². The van der Waals surface area contributed by atoms with Gasteiger partial charge < -0.3 is 5.32 Å². The van der Waals surface area contributed by atoms with E-state index in [0.717, 1.165) is 5.56 Å². The third kappa shape index (κ3) is 5.71. The number of anilines is 1. The molecule has 0 fully saturated rings. The minimum Gasteiger partial charge on any atom is -0.374 e. The zero-order chi connectivity index (χ0) is 18.2. The standard InChI is InChI=1S/C20H24FN3O/c1-4-19(23-18-11-9-17(21)10-12-18)20(25)24-22-13-15-5-7-16(8-6-15)14(2)3/h5-14,19,23H,4H2,1-3H3,(H,24,25)/b22-13+/t19-/m0/s1. The topological polar surface area (TPSA) is 53.5 Å². The first kappa shape index (κ1) is 18.6. The highest BCUT2D eigenvalue weighted by atomic mass is 19.1. The number of nitrogens with one attached hydrogen (secondary N) is 2. The van der Waals surface area contributed by atoms with E-state index in [2.05, 4.69) is 41.8 Å². The van der Waals surface area contributed by atoms with E-state index in [0.29, 0.717) is 18.0 Å². The van der Waals surface area contributed by atoms with Gasteiger partial charge in [-0.15, -0.1) is 0 Å². The Morgan fingerprint density at radius 1 is 1.12 bits per heavy atom. The second-order valence-corrected chi connectivity index (χ2v) is 6.17. The van der Waals surface area contributed by atoms with Gasteiger partial charge in [0.15, 0.2) is 0 Å². The van der Waals surface area contributed by atoms with Gasteiger partial charge in [-0.25, -0.2) is 9.82 Å². The molecule has 0 saturated heterocycles. The van der Waals surface area contributed by atoms with Gasteiger partial charge >= 0.3 is 0 Å². The molecule has 1 amide bonds. The molecule has 0 bridgehead atoms. The summed E-state index contributed by atoms with van der Waals surface area (Å²) in [4.78, 5) is 12.2. The zero-order valence-corrected chi connectivity index (χ0v) is 14.8. The van der Waals surface area contributed by atoms with Gasteiger partial charge in [-0.05, 0) is 47.7 Å². The third-order valence-corrected chi connectivity index (χ3v) is 3.90. The second-order valence-electron chi connectivity index (χ2n) is 6.17. The number of carbonyl (C=O) groups is 1. The van der Waals surface area contributed by atoms with Gasteiger partial charge in [0.25, 0.3) is 5.91 Å². The van der Waals surface area contributed by atoms with E-state index in [9.17, 15) is 9.18 Å². The summed E-state index contributed by atoms with van der Waals surface area (Å²) in [6.45, 7) is 6.18. The van der Waals surface area contributed by atoms with Gasteiger partial charge in [-0.3, -0.25) is 4.79 Å². The lowest BCUT2D eigenvalue weighted by atomic mass is 10.0. The molecule has 0 spiro atoms. The third-order valence-electron chi connectivity index (χ3n) is 3.90. The fraction of sp³-hybridized carbons (Fsp3) is 0.300. The predicted octanol–water partition coefficient (Wildman–Crippen LogP) is 4.29. The van der Waals surface area contributed by atoms with Crippen LogP contribution in [0.15, 0.2) is 53.6 Å². The number of rotatable bonds is 7. The van der Waals surface area contributed by atoms with Crippen molar-refractivity contribution in [1.29, 1.82) is 0 Å². The van der Waals surface area contributed by atoms with Crippen LogP contribution in [0.5, 0.6) is 0 Å². The molecule has 2 rings (SSSR count). The number of amides is 1. The van der Waals surface area contributed by atoms with Crippen LogP contribution < -0.4 is 10.7 Å². The normalized spacial score (nSPS) is 12.4. The number of hydrazone groups is 1. The Kier molecular flexibility index (Phi) is 6.69. The molecule has 0 aliphatic carbocycles. The molecule has 5 heteroatoms. The lowest BCUT2D eigenvalue weighted by Crippen LogP contribution is -2.36. The van der Waals surface area contributed by atoms with Crippen LogP contribution >= 0.6 is 0 Å². The maximum Gasteiger partial charge on any atom is 0.262 e. The Bertz CT molecular complexity index is 709. The quantitative estimate of drug-likeness (QED) is 0.583. The van der Waals surface area contributed by atoms with Crippen LogP contribution in [0, 0.1) is 5.82 Å². The molecule has 0 saturated carbocycles. The van der Waals surface area contributed by atoms with Gasteiger partial charge in [0, 0.05) is 5.69 Å². The molecule has 1 atom stereocenters. The first-order valence-electron chi connectivity index (χ1n) is 8.44. The average Bonchev–Trinajstić information content (AvgIpc) is 2.61. The van der Waals surface area contributed by atoms with Crippen molar-refractivity contribution < 1.29 is 9.18 Å². The van der Waals surface area contributed by atoms with Crippen LogP contribution in [0.25, 0.3) is 0 Å². The van der Waals surface area contributed by atoms with E-state index in [-0.39, 0.29) is 11.7 Å². The van der Waals surface area contributed by atoms with Gasteiger partial charge in [0.05, 0.1) is 6.21 Å². The molecule has 2 N–H and O–H groups in total. The fourth-order valence-electron chi connectivity index (χ4n) is 2.32. The van der Waals surface area contributed by atoms with E-state index in [1.165, 1.54) is 17.7 Å². The summed E-state index contributed by atoms with van der Waals surface area (Å²) in [5.41, 5.74) is 5.42. The fourth-order valence-corrected chi connectivity index (χ4v) is 2.32. The molecule has 0 radical (unpaired) electrons. The number of benzene rings is 2. The van der Waals surface area contributed by atoms with Crippen molar-refractivity contribution in [3.8, 4) is 0 Å². The van der Waals surface area contributed by atoms with E-state index >= 15 is 0 Å². The summed E-state index contributed by atoms with van der Waals surface area (Å²) >= 11 is 0. The Balaban J connectivity index is 1.91. The molecule has 0 heterocycles. The molecule has 4 nitrogen and oxygen atoms in total. The minimum absolute atomic E-state index is 0.234. The Morgan fingerprint density at radius 3 is 2.32 bits per heavy atom. The molecule has 0 aliphatic rings. The molecular weight excluding hydrogens is 317 g/mol. The van der Waals surface area contributed by atoms with Crippen molar-refractivity contribution in [2.45, 2.75) is 39.2 Å². The largest absolute Gasteiger partial charge is 0.374 e. The Hall–Kier alpha value is -2.69. The molecule has 2 aromatic carbocycles. The molecule has 132 valence electrons. The SMILES string of the molecule is CC[C@H](Nc1ccc(F)cc1)C(=O)N/N=C/c1ccc(C(C)C)cc1. The summed E-state index contributed by atoms with van der Waals surface area (Å²) in [7, 11) is 0. The number of hydrogen-bond donors (Lipinski definition) is 2. The first-order valence-corrected chi connectivity index (χ1v) is 8.44. The first-order chi connectivity index (χ1) is 12.0. The number of halogens is 1. The highest BCUT2D eigenvalue weighted by molar-refractivity contribution is 5.86. The van der Waals surface area contributed by atoms with E-state index in [1.54, 1.807) is 18.3 Å². The summed E-state index contributed by atoms with van der Waals surface area (Å²) in [6, 6.07) is 13.5. The monoisotopic (exact) mass is 341 g/mol. The maximum absolute atomic E-state index is 12.9.